The van der Waals surface area contributed by atoms with Crippen molar-refractivity contribution in [2.24, 2.45) is 11.3 Å². The van der Waals surface area contributed by atoms with Gasteiger partial charge in [-0.15, -0.1) is 10.2 Å². The molecule has 2 N–H and O–H groups in total. The van der Waals surface area contributed by atoms with Crippen LogP contribution < -0.4 is 20.4 Å². The lowest BCUT2D eigenvalue weighted by molar-refractivity contribution is -0.133. The number of likely N-dealkylation sites (tertiary alicyclic amines) is 2. The number of carbonyl (C=O) groups is 3. The van der Waals surface area contributed by atoms with Gasteiger partial charge >= 0.3 is 0 Å². The smallest absolute Gasteiger partial charge is 0.274 e. The molecule has 12 nitrogen and oxygen atoms in total. The number of aromatic nitrogens is 2. The summed E-state index contributed by atoms with van der Waals surface area (Å²) in [6.07, 6.45) is 8.31. The van der Waals surface area contributed by atoms with Crippen LogP contribution in [0.3, 0.4) is 0 Å². The quantitative estimate of drug-likeness (QED) is 0.269. The van der Waals surface area contributed by atoms with Gasteiger partial charge in [-0.2, -0.15) is 5.26 Å². The number of rotatable bonds is 8. The Labute approximate surface area is 334 Å². The first kappa shape index (κ1) is 38.2. The maximum absolute atomic E-state index is 13.5. The SMILES string of the molecule is CC1CC2(CCN(c3ccc(C(=O)N4CCC(CN5CCC(c6cccc(NC7CCC(=O)NC7=O)c6)CC5)CC4)nn3)CC2)CN1c1ccc(C#N)c(Cl)c1. The fraction of sp³-hybridized carbons (Fsp3) is 0.535. The van der Waals surface area contributed by atoms with Crippen LogP contribution >= 0.6 is 11.6 Å². The van der Waals surface area contributed by atoms with Crippen LogP contribution in [0.2, 0.25) is 5.02 Å². The average molecular weight is 778 g/mol. The third-order valence-electron chi connectivity index (χ3n) is 13.1. The number of carbonyl (C=O) groups excluding carboxylic acids is 3. The summed E-state index contributed by atoms with van der Waals surface area (Å²) in [5, 5.41) is 24.5. The van der Waals surface area contributed by atoms with E-state index in [0.29, 0.717) is 47.0 Å². The summed E-state index contributed by atoms with van der Waals surface area (Å²) in [6.45, 7) is 9.72. The molecule has 3 aromatic rings. The third kappa shape index (κ3) is 8.35. The number of amides is 3. The second kappa shape index (κ2) is 16.4. The number of nitrogens with one attached hydrogen (secondary N) is 2. The zero-order valence-electron chi connectivity index (χ0n) is 32.3. The molecule has 2 aromatic carbocycles. The van der Waals surface area contributed by atoms with E-state index in [0.717, 1.165) is 114 Å². The minimum Gasteiger partial charge on any atom is -0.374 e. The zero-order valence-corrected chi connectivity index (χ0v) is 33.0. The first-order valence-corrected chi connectivity index (χ1v) is 20.8. The van der Waals surface area contributed by atoms with Gasteiger partial charge in [0.05, 0.1) is 10.6 Å². The Hall–Kier alpha value is -4.73. The van der Waals surface area contributed by atoms with E-state index in [4.69, 9.17) is 11.6 Å². The molecule has 6 heterocycles. The molecule has 5 fully saturated rings. The minimum absolute atomic E-state index is 0.0295. The molecule has 1 aromatic heterocycles. The van der Waals surface area contributed by atoms with Gasteiger partial charge in [0.2, 0.25) is 11.8 Å². The number of nitriles is 1. The largest absolute Gasteiger partial charge is 0.374 e. The number of anilines is 3. The summed E-state index contributed by atoms with van der Waals surface area (Å²) < 4.78 is 0. The maximum atomic E-state index is 13.5. The second-order valence-corrected chi connectivity index (χ2v) is 17.2. The zero-order chi connectivity index (χ0) is 38.8. The highest BCUT2D eigenvalue weighted by atomic mass is 35.5. The molecule has 0 bridgehead atoms. The highest BCUT2D eigenvalue weighted by Crippen LogP contribution is 2.46. The monoisotopic (exact) mass is 777 g/mol. The number of hydrogen-bond donors (Lipinski definition) is 2. The lowest BCUT2D eigenvalue weighted by Crippen LogP contribution is -2.47. The van der Waals surface area contributed by atoms with E-state index in [-0.39, 0.29) is 29.2 Å². The Morgan fingerprint density at radius 3 is 2.45 bits per heavy atom. The number of benzene rings is 2. The van der Waals surface area contributed by atoms with Crippen molar-refractivity contribution in [1.82, 2.24) is 25.3 Å². The molecular weight excluding hydrogens is 726 g/mol. The molecule has 13 heteroatoms. The van der Waals surface area contributed by atoms with E-state index in [9.17, 15) is 19.6 Å². The molecule has 1 spiro atoms. The van der Waals surface area contributed by atoms with Crippen LogP contribution in [0.15, 0.2) is 54.6 Å². The summed E-state index contributed by atoms with van der Waals surface area (Å²) in [7, 11) is 0. The summed E-state index contributed by atoms with van der Waals surface area (Å²) in [4.78, 5) is 46.5. The number of imide groups is 1. The van der Waals surface area contributed by atoms with Crippen molar-refractivity contribution in [3.05, 3.63) is 76.4 Å². The van der Waals surface area contributed by atoms with Crippen molar-refractivity contribution >= 4 is 46.5 Å². The number of piperidine rings is 4. The summed E-state index contributed by atoms with van der Waals surface area (Å²) in [5.74, 6) is 1.41. The van der Waals surface area contributed by atoms with Gasteiger partial charge < -0.3 is 24.9 Å². The Balaban J connectivity index is 0.762. The van der Waals surface area contributed by atoms with Crippen LogP contribution in [0.4, 0.5) is 17.2 Å². The van der Waals surface area contributed by atoms with Crippen molar-refractivity contribution in [2.75, 3.05) is 67.5 Å². The van der Waals surface area contributed by atoms with E-state index in [1.807, 2.05) is 41.3 Å². The standard InChI is InChI=1S/C43H52ClN9O3/c1-29-25-43(28-53(29)35-6-5-33(26-45)36(44)24-35)15-21-51(22-16-43)39-9-7-38(48-49-39)42(56)52-19-11-30(12-20-52)27-50-17-13-31(14-18-50)32-3-2-4-34(23-32)46-37-8-10-40(54)47-41(37)55/h2-7,9,23-24,29-31,37,46H,8,10-22,25,27-28H2,1H3,(H,47,54,55). The Kier molecular flexibility index (Phi) is 11.2. The molecule has 5 aliphatic rings. The minimum atomic E-state index is -0.377. The molecule has 8 rings (SSSR count). The molecule has 0 aliphatic carbocycles. The van der Waals surface area contributed by atoms with Gasteiger partial charge in [-0.05, 0) is 137 Å². The van der Waals surface area contributed by atoms with Crippen molar-refractivity contribution < 1.29 is 14.4 Å². The van der Waals surface area contributed by atoms with Crippen LogP contribution in [-0.4, -0.2) is 102 Å². The van der Waals surface area contributed by atoms with Crippen molar-refractivity contribution in [3.8, 4) is 6.07 Å². The van der Waals surface area contributed by atoms with Crippen LogP contribution in [0.5, 0.6) is 0 Å². The number of hydrogen-bond acceptors (Lipinski definition) is 10. The Bertz CT molecular complexity index is 1960. The van der Waals surface area contributed by atoms with Crippen LogP contribution in [0, 0.1) is 22.7 Å². The van der Waals surface area contributed by atoms with Crippen molar-refractivity contribution in [3.63, 3.8) is 0 Å². The highest BCUT2D eigenvalue weighted by molar-refractivity contribution is 6.32. The molecule has 5 saturated heterocycles. The fourth-order valence-corrected chi connectivity index (χ4v) is 10.0. The van der Waals surface area contributed by atoms with E-state index < -0.39 is 0 Å². The lowest BCUT2D eigenvalue weighted by Gasteiger charge is -2.39. The molecule has 2 atom stereocenters. The van der Waals surface area contributed by atoms with E-state index in [2.05, 4.69) is 66.7 Å². The van der Waals surface area contributed by atoms with Gasteiger partial charge in [0, 0.05) is 63.1 Å². The van der Waals surface area contributed by atoms with E-state index in [1.165, 1.54) is 5.56 Å². The van der Waals surface area contributed by atoms with Crippen LogP contribution in [0.25, 0.3) is 0 Å². The average Bonchev–Trinajstić information content (AvgIpc) is 3.54. The van der Waals surface area contributed by atoms with Crippen molar-refractivity contribution in [1.29, 1.82) is 5.26 Å². The first-order valence-electron chi connectivity index (χ1n) is 20.4. The lowest BCUT2D eigenvalue weighted by atomic mass is 9.77. The van der Waals surface area contributed by atoms with Gasteiger partial charge in [-0.1, -0.05) is 23.7 Å². The predicted molar refractivity (Wildman–Crippen MR) is 217 cm³/mol. The predicted octanol–water partition coefficient (Wildman–Crippen LogP) is 5.84. The summed E-state index contributed by atoms with van der Waals surface area (Å²) in [6, 6.07) is 20.1. The maximum Gasteiger partial charge on any atom is 0.274 e. The first-order chi connectivity index (χ1) is 27.1. The van der Waals surface area contributed by atoms with E-state index >= 15 is 0 Å². The molecular formula is C43H52ClN9O3. The third-order valence-corrected chi connectivity index (χ3v) is 13.4. The normalized spacial score (nSPS) is 23.6. The second-order valence-electron chi connectivity index (χ2n) is 16.8. The van der Waals surface area contributed by atoms with Gasteiger partial charge in [0.25, 0.3) is 5.91 Å². The number of nitrogens with zero attached hydrogens (tertiary/aromatic N) is 7. The molecule has 0 radical (unpaired) electrons. The molecule has 294 valence electrons. The molecule has 3 amide bonds. The van der Waals surface area contributed by atoms with Gasteiger partial charge in [-0.3, -0.25) is 19.7 Å². The van der Waals surface area contributed by atoms with Crippen LogP contribution in [0.1, 0.15) is 92.2 Å². The molecule has 5 aliphatic heterocycles. The van der Waals surface area contributed by atoms with Crippen LogP contribution in [-0.2, 0) is 9.59 Å². The molecule has 0 saturated carbocycles. The Morgan fingerprint density at radius 1 is 0.964 bits per heavy atom. The topological polar surface area (TPSA) is 138 Å². The van der Waals surface area contributed by atoms with Gasteiger partial charge in [-0.25, -0.2) is 0 Å². The summed E-state index contributed by atoms with van der Waals surface area (Å²) in [5.41, 5.74) is 4.46. The van der Waals surface area contributed by atoms with Crippen molar-refractivity contribution in [2.45, 2.75) is 82.7 Å². The molecule has 2 unspecified atom stereocenters. The van der Waals surface area contributed by atoms with E-state index in [1.54, 1.807) is 0 Å². The summed E-state index contributed by atoms with van der Waals surface area (Å²) >= 11 is 6.37. The molecule has 56 heavy (non-hydrogen) atoms. The van der Waals surface area contributed by atoms with Gasteiger partial charge in [0.15, 0.2) is 11.5 Å². The number of halogens is 1. The highest BCUT2D eigenvalue weighted by Gasteiger charge is 2.44. The Morgan fingerprint density at radius 2 is 1.75 bits per heavy atom. The fourth-order valence-electron chi connectivity index (χ4n) is 9.83. The van der Waals surface area contributed by atoms with Gasteiger partial charge in [0.1, 0.15) is 12.1 Å².